The minimum atomic E-state index is -0.0404. The molecule has 6 nitrogen and oxygen atoms in total. The summed E-state index contributed by atoms with van der Waals surface area (Å²) in [7, 11) is 2.00. The summed E-state index contributed by atoms with van der Waals surface area (Å²) in [6.07, 6.45) is 5.56. The highest BCUT2D eigenvalue weighted by atomic mass is 35.5. The van der Waals surface area contributed by atoms with Gasteiger partial charge in [0.1, 0.15) is 16.6 Å². The molecule has 8 heteroatoms. The number of hydrogen-bond donors (Lipinski definition) is 1. The molecule has 0 spiro atoms. The van der Waals surface area contributed by atoms with Crippen LogP contribution >= 0.6 is 22.9 Å². The lowest BCUT2D eigenvalue weighted by Gasteiger charge is -2.36. The van der Waals surface area contributed by atoms with E-state index in [4.69, 9.17) is 21.8 Å². The Bertz CT molecular complexity index is 1420. The van der Waals surface area contributed by atoms with Gasteiger partial charge in [-0.2, -0.15) is 5.26 Å². The Kier molecular flexibility index (Phi) is 7.28. The predicted octanol–water partition coefficient (Wildman–Crippen LogP) is 6.06. The first-order valence-corrected chi connectivity index (χ1v) is 13.2. The number of pyridine rings is 2. The molecule has 0 radical (unpaired) electrons. The summed E-state index contributed by atoms with van der Waals surface area (Å²) < 4.78 is 1.01. The zero-order valence-corrected chi connectivity index (χ0v) is 21.5. The van der Waals surface area contributed by atoms with E-state index in [0.717, 1.165) is 52.7 Å². The van der Waals surface area contributed by atoms with Gasteiger partial charge in [-0.15, -0.1) is 11.3 Å². The van der Waals surface area contributed by atoms with Crippen LogP contribution in [0, 0.1) is 11.3 Å². The average molecular weight is 516 g/mol. The molecule has 1 saturated carbocycles. The van der Waals surface area contributed by atoms with Crippen molar-refractivity contribution in [3.63, 3.8) is 0 Å². The lowest BCUT2D eigenvalue weighted by Crippen LogP contribution is -2.44. The quantitative estimate of drug-likeness (QED) is 0.337. The minimum absolute atomic E-state index is 0.0404. The fourth-order valence-electron chi connectivity index (χ4n) is 4.84. The van der Waals surface area contributed by atoms with Crippen molar-refractivity contribution in [1.29, 1.82) is 5.26 Å². The van der Waals surface area contributed by atoms with Crippen molar-refractivity contribution < 1.29 is 4.79 Å². The van der Waals surface area contributed by atoms with Gasteiger partial charge in [0.25, 0.3) is 5.91 Å². The average Bonchev–Trinajstić information content (AvgIpc) is 3.28. The zero-order chi connectivity index (χ0) is 25.1. The Morgan fingerprint density at radius 1 is 1.14 bits per heavy atom. The van der Waals surface area contributed by atoms with Crippen LogP contribution in [-0.4, -0.2) is 39.9 Å². The zero-order valence-electron chi connectivity index (χ0n) is 19.9. The van der Waals surface area contributed by atoms with E-state index >= 15 is 0 Å². The van der Waals surface area contributed by atoms with Gasteiger partial charge in [0.2, 0.25) is 0 Å². The molecule has 36 heavy (non-hydrogen) atoms. The summed E-state index contributed by atoms with van der Waals surface area (Å²) in [5, 5.41) is 13.8. The fourth-order valence-corrected chi connectivity index (χ4v) is 6.31. The second-order valence-electron chi connectivity index (χ2n) is 9.03. The van der Waals surface area contributed by atoms with E-state index in [1.165, 1.54) is 11.3 Å². The SMILES string of the molecule is CNC1CCC(N(Cc2cccc(-c3ccc(C#N)nc3)n2)C(=O)c2sc3ccccc3c2Cl)CC1. The van der Waals surface area contributed by atoms with Crippen LogP contribution in [0.5, 0.6) is 0 Å². The molecule has 0 aliphatic heterocycles. The third kappa shape index (κ3) is 4.98. The maximum absolute atomic E-state index is 14.0. The van der Waals surface area contributed by atoms with E-state index in [2.05, 4.69) is 10.3 Å². The van der Waals surface area contributed by atoms with E-state index in [9.17, 15) is 4.79 Å². The predicted molar refractivity (Wildman–Crippen MR) is 144 cm³/mol. The molecule has 4 aromatic rings. The van der Waals surface area contributed by atoms with E-state index in [1.807, 2.05) is 66.5 Å². The highest BCUT2D eigenvalue weighted by molar-refractivity contribution is 7.21. The Morgan fingerprint density at radius 2 is 1.94 bits per heavy atom. The molecule has 1 N–H and O–H groups in total. The molecule has 0 unspecified atom stereocenters. The van der Waals surface area contributed by atoms with Crippen molar-refractivity contribution in [2.75, 3.05) is 7.05 Å². The van der Waals surface area contributed by atoms with Crippen molar-refractivity contribution in [1.82, 2.24) is 20.2 Å². The molecule has 182 valence electrons. The first-order chi connectivity index (χ1) is 17.6. The maximum Gasteiger partial charge on any atom is 0.266 e. The summed E-state index contributed by atoms with van der Waals surface area (Å²) in [6.45, 7) is 0.399. The number of rotatable bonds is 6. The van der Waals surface area contributed by atoms with Crippen LogP contribution in [0.15, 0.2) is 60.8 Å². The van der Waals surface area contributed by atoms with Gasteiger partial charge in [-0.25, -0.2) is 4.98 Å². The van der Waals surface area contributed by atoms with Gasteiger partial charge in [0.15, 0.2) is 0 Å². The number of nitrogens with zero attached hydrogens (tertiary/aromatic N) is 4. The lowest BCUT2D eigenvalue weighted by molar-refractivity contribution is 0.0603. The van der Waals surface area contributed by atoms with Gasteiger partial charge < -0.3 is 10.2 Å². The lowest BCUT2D eigenvalue weighted by atomic mass is 9.90. The molecular weight excluding hydrogens is 490 g/mol. The number of nitrogens with one attached hydrogen (secondary N) is 1. The summed E-state index contributed by atoms with van der Waals surface area (Å²) in [5.74, 6) is -0.0404. The second kappa shape index (κ2) is 10.8. The largest absolute Gasteiger partial charge is 0.329 e. The van der Waals surface area contributed by atoms with Crippen molar-refractivity contribution in [3.8, 4) is 17.3 Å². The summed E-state index contributed by atoms with van der Waals surface area (Å²) in [5.41, 5.74) is 2.76. The molecule has 1 amide bonds. The first-order valence-electron chi connectivity index (χ1n) is 12.0. The topological polar surface area (TPSA) is 81.9 Å². The van der Waals surface area contributed by atoms with Crippen LogP contribution in [0.2, 0.25) is 5.02 Å². The van der Waals surface area contributed by atoms with Crippen molar-refractivity contribution in [2.45, 2.75) is 44.3 Å². The third-order valence-corrected chi connectivity index (χ3v) is 8.51. The van der Waals surface area contributed by atoms with Crippen molar-refractivity contribution in [3.05, 3.63) is 82.1 Å². The van der Waals surface area contributed by atoms with E-state index in [0.29, 0.717) is 28.2 Å². The number of halogens is 1. The highest BCUT2D eigenvalue weighted by Crippen LogP contribution is 2.37. The fraction of sp³-hybridized carbons (Fsp3) is 0.286. The highest BCUT2D eigenvalue weighted by Gasteiger charge is 2.31. The van der Waals surface area contributed by atoms with Crippen LogP contribution in [-0.2, 0) is 6.54 Å². The Balaban J connectivity index is 1.46. The number of thiophene rings is 1. The third-order valence-electron chi connectivity index (χ3n) is 6.85. The van der Waals surface area contributed by atoms with Gasteiger partial charge in [-0.3, -0.25) is 9.78 Å². The van der Waals surface area contributed by atoms with Crippen LogP contribution < -0.4 is 5.32 Å². The molecule has 1 aliphatic carbocycles. The summed E-state index contributed by atoms with van der Waals surface area (Å²) in [6, 6.07) is 19.9. The summed E-state index contributed by atoms with van der Waals surface area (Å²) in [4.78, 5) is 25.5. The molecule has 1 aromatic carbocycles. The smallest absolute Gasteiger partial charge is 0.266 e. The molecule has 3 heterocycles. The van der Waals surface area contributed by atoms with E-state index < -0.39 is 0 Å². The number of benzene rings is 1. The van der Waals surface area contributed by atoms with Crippen molar-refractivity contribution >= 4 is 38.9 Å². The number of carbonyl (C=O) groups is 1. The Hall–Kier alpha value is -3.31. The number of aromatic nitrogens is 2. The summed E-state index contributed by atoms with van der Waals surface area (Å²) >= 11 is 8.17. The first kappa shape index (κ1) is 24.4. The molecule has 5 rings (SSSR count). The molecule has 1 aliphatic rings. The van der Waals surface area contributed by atoms with Gasteiger partial charge >= 0.3 is 0 Å². The monoisotopic (exact) mass is 515 g/mol. The molecule has 0 atom stereocenters. The van der Waals surface area contributed by atoms with Gasteiger partial charge in [0, 0.05) is 33.9 Å². The minimum Gasteiger partial charge on any atom is -0.329 e. The maximum atomic E-state index is 14.0. The van der Waals surface area contributed by atoms with Crippen molar-refractivity contribution in [2.24, 2.45) is 0 Å². The number of amides is 1. The van der Waals surface area contributed by atoms with Crippen LogP contribution in [0.4, 0.5) is 0 Å². The number of nitriles is 1. The van der Waals surface area contributed by atoms with E-state index in [-0.39, 0.29) is 11.9 Å². The molecule has 1 fully saturated rings. The Morgan fingerprint density at radius 3 is 2.64 bits per heavy atom. The van der Waals surface area contributed by atoms with Gasteiger partial charge in [-0.1, -0.05) is 35.9 Å². The molecule has 3 aromatic heterocycles. The normalized spacial score (nSPS) is 17.6. The molecule has 0 bridgehead atoms. The van der Waals surface area contributed by atoms with Gasteiger partial charge in [-0.05, 0) is 63.1 Å². The van der Waals surface area contributed by atoms with Crippen LogP contribution in [0.3, 0.4) is 0 Å². The van der Waals surface area contributed by atoms with Crippen LogP contribution in [0.1, 0.15) is 46.7 Å². The number of hydrogen-bond acceptors (Lipinski definition) is 6. The van der Waals surface area contributed by atoms with Gasteiger partial charge in [0.05, 0.1) is 23.0 Å². The number of fused-ring (bicyclic) bond motifs is 1. The Labute approximate surface area is 219 Å². The second-order valence-corrected chi connectivity index (χ2v) is 10.5. The van der Waals surface area contributed by atoms with Crippen LogP contribution in [0.25, 0.3) is 21.3 Å². The number of carbonyl (C=O) groups excluding carboxylic acids is 1. The van der Waals surface area contributed by atoms with E-state index in [1.54, 1.807) is 12.3 Å². The molecule has 0 saturated heterocycles. The molecular formula is C28H26ClN5OS. The standard InChI is InChI=1S/C28H26ClN5OS/c1-31-19-11-13-22(14-12-19)34(28(35)27-26(29)23-6-2-3-8-25(23)36-27)17-21-5-4-7-24(33-21)18-9-10-20(15-30)32-16-18/h2-10,16,19,22,31H,11-14,17H2,1H3.